The monoisotopic (exact) mass is 443 g/mol. The van der Waals surface area contributed by atoms with Gasteiger partial charge >= 0.3 is 5.69 Å². The van der Waals surface area contributed by atoms with Gasteiger partial charge in [-0.2, -0.15) is 0 Å². The fourth-order valence-electron chi connectivity index (χ4n) is 2.75. The second kappa shape index (κ2) is 10.4. The minimum Gasteiger partial charge on any atom is -0.495 e. The number of aromatic nitrogens is 2. The number of ether oxygens (including phenoxy) is 2. The summed E-state index contributed by atoms with van der Waals surface area (Å²) in [5.41, 5.74) is 0.750. The Balaban J connectivity index is 1.85. The van der Waals surface area contributed by atoms with Crippen LogP contribution in [-0.4, -0.2) is 28.6 Å². The fourth-order valence-corrected chi connectivity index (χ4v) is 2.92. The van der Waals surface area contributed by atoms with Gasteiger partial charge in [-0.15, -0.1) is 0 Å². The topological polar surface area (TPSA) is 111 Å². The van der Waals surface area contributed by atoms with Gasteiger partial charge in [-0.05, 0) is 48.9 Å². The number of hydrogen-bond donors (Lipinski definition) is 2. The Morgan fingerprint density at radius 1 is 1.10 bits per heavy atom. The van der Waals surface area contributed by atoms with E-state index in [9.17, 15) is 10.1 Å². The number of benzene rings is 2. The lowest BCUT2D eigenvalue weighted by Gasteiger charge is -2.13. The number of rotatable bonds is 10. The van der Waals surface area contributed by atoms with Crippen molar-refractivity contribution in [2.75, 3.05) is 24.4 Å². The van der Waals surface area contributed by atoms with E-state index in [1.54, 1.807) is 42.5 Å². The molecule has 0 bridgehead atoms. The second-order valence-corrected chi connectivity index (χ2v) is 6.93. The van der Waals surface area contributed by atoms with E-state index in [1.165, 1.54) is 13.4 Å². The molecule has 0 spiro atoms. The maximum Gasteiger partial charge on any atom is 0.353 e. The molecule has 1 heterocycles. The van der Waals surface area contributed by atoms with Crippen molar-refractivity contribution in [3.63, 3.8) is 0 Å². The van der Waals surface area contributed by atoms with Gasteiger partial charge in [0.1, 0.15) is 17.8 Å². The third-order valence-electron chi connectivity index (χ3n) is 4.30. The Hall–Kier alpha value is -3.59. The molecular formula is C21H22ClN5O4. The molecule has 0 saturated carbocycles. The molecule has 0 aliphatic rings. The van der Waals surface area contributed by atoms with E-state index in [0.717, 1.165) is 18.6 Å². The van der Waals surface area contributed by atoms with Crippen molar-refractivity contribution in [3.05, 3.63) is 63.9 Å². The first-order valence-electron chi connectivity index (χ1n) is 9.61. The fraction of sp³-hybridized carbons (Fsp3) is 0.238. The Kier molecular flexibility index (Phi) is 7.45. The predicted molar refractivity (Wildman–Crippen MR) is 120 cm³/mol. The molecule has 10 heteroatoms. The molecule has 2 aromatic carbocycles. The number of nitrogens with zero attached hydrogens (tertiary/aromatic N) is 3. The molecule has 162 valence electrons. The highest BCUT2D eigenvalue weighted by Gasteiger charge is 2.24. The van der Waals surface area contributed by atoms with Gasteiger partial charge in [0.05, 0.1) is 24.3 Å². The summed E-state index contributed by atoms with van der Waals surface area (Å²) in [4.78, 5) is 19.3. The van der Waals surface area contributed by atoms with E-state index in [1.807, 2.05) is 0 Å². The van der Waals surface area contributed by atoms with E-state index in [0.29, 0.717) is 28.8 Å². The number of nitrogens with one attached hydrogen (secondary N) is 2. The molecule has 0 unspecified atom stereocenters. The second-order valence-electron chi connectivity index (χ2n) is 6.50. The zero-order chi connectivity index (χ0) is 22.2. The zero-order valence-corrected chi connectivity index (χ0v) is 17.8. The smallest absolute Gasteiger partial charge is 0.353 e. The first-order valence-corrected chi connectivity index (χ1v) is 9.99. The van der Waals surface area contributed by atoms with E-state index < -0.39 is 4.92 Å². The zero-order valence-electron chi connectivity index (χ0n) is 17.1. The molecule has 0 atom stereocenters. The van der Waals surface area contributed by atoms with Crippen LogP contribution in [0.4, 0.5) is 28.7 Å². The molecule has 31 heavy (non-hydrogen) atoms. The molecule has 0 aliphatic carbocycles. The van der Waals surface area contributed by atoms with Crippen LogP contribution in [0.15, 0.2) is 48.8 Å². The molecule has 3 rings (SSSR count). The third kappa shape index (κ3) is 5.73. The van der Waals surface area contributed by atoms with Gasteiger partial charge in [0.15, 0.2) is 0 Å². The Morgan fingerprint density at radius 3 is 2.45 bits per heavy atom. The molecule has 2 N–H and O–H groups in total. The van der Waals surface area contributed by atoms with E-state index in [2.05, 4.69) is 27.5 Å². The van der Waals surface area contributed by atoms with E-state index in [-0.39, 0.29) is 17.3 Å². The number of hydrogen-bond acceptors (Lipinski definition) is 8. The van der Waals surface area contributed by atoms with Crippen molar-refractivity contribution >= 4 is 40.3 Å². The first kappa shape index (κ1) is 22.1. The standard InChI is InChI=1S/C21H22ClN5O4/c1-3-4-11-31-16-8-6-15(7-9-16)25-20-19(27(28)29)21(24-13-23-20)26-17-12-14(22)5-10-18(17)30-2/h5-10,12-13H,3-4,11H2,1-2H3,(H2,23,24,25,26). The lowest BCUT2D eigenvalue weighted by molar-refractivity contribution is -0.383. The van der Waals surface area contributed by atoms with E-state index in [4.69, 9.17) is 21.1 Å². The van der Waals surface area contributed by atoms with Crippen LogP contribution in [0.25, 0.3) is 0 Å². The van der Waals surface area contributed by atoms with Gasteiger partial charge in [-0.1, -0.05) is 24.9 Å². The highest BCUT2D eigenvalue weighted by molar-refractivity contribution is 6.31. The van der Waals surface area contributed by atoms with Gasteiger partial charge in [0.25, 0.3) is 0 Å². The minimum absolute atomic E-state index is 0.00239. The van der Waals surface area contributed by atoms with Gasteiger partial charge in [-0.3, -0.25) is 10.1 Å². The lowest BCUT2D eigenvalue weighted by atomic mass is 10.2. The molecule has 0 radical (unpaired) electrons. The van der Waals surface area contributed by atoms with Crippen LogP contribution in [0, 0.1) is 10.1 Å². The molecule has 9 nitrogen and oxygen atoms in total. The Labute approximate surface area is 184 Å². The summed E-state index contributed by atoms with van der Waals surface area (Å²) in [6, 6.07) is 12.0. The third-order valence-corrected chi connectivity index (χ3v) is 4.54. The van der Waals surface area contributed by atoms with Crippen molar-refractivity contribution in [1.29, 1.82) is 0 Å². The largest absolute Gasteiger partial charge is 0.495 e. The number of anilines is 4. The van der Waals surface area contributed by atoms with Crippen LogP contribution in [0.2, 0.25) is 5.02 Å². The normalized spacial score (nSPS) is 10.4. The minimum atomic E-state index is -0.552. The Bertz CT molecular complexity index is 1050. The SMILES string of the molecule is CCCCOc1ccc(Nc2ncnc(Nc3cc(Cl)ccc3OC)c2[N+](=O)[O-])cc1. The van der Waals surface area contributed by atoms with Crippen LogP contribution in [-0.2, 0) is 0 Å². The van der Waals surface area contributed by atoms with Gasteiger partial charge in [0, 0.05) is 10.7 Å². The highest BCUT2D eigenvalue weighted by Crippen LogP contribution is 2.36. The van der Waals surface area contributed by atoms with Crippen LogP contribution in [0.1, 0.15) is 19.8 Å². The summed E-state index contributed by atoms with van der Waals surface area (Å²) in [6.07, 6.45) is 3.26. The quantitative estimate of drug-likeness (QED) is 0.232. The van der Waals surface area contributed by atoms with Crippen molar-refractivity contribution in [1.82, 2.24) is 9.97 Å². The van der Waals surface area contributed by atoms with Crippen molar-refractivity contribution < 1.29 is 14.4 Å². The summed E-state index contributed by atoms with van der Waals surface area (Å²) >= 11 is 6.05. The molecule has 0 amide bonds. The van der Waals surface area contributed by atoms with Gasteiger partial charge in [0.2, 0.25) is 11.6 Å². The average molecular weight is 444 g/mol. The maximum absolute atomic E-state index is 11.8. The van der Waals surface area contributed by atoms with Crippen LogP contribution < -0.4 is 20.1 Å². The maximum atomic E-state index is 11.8. The predicted octanol–water partition coefficient (Wildman–Crippen LogP) is 5.71. The van der Waals surface area contributed by atoms with E-state index >= 15 is 0 Å². The summed E-state index contributed by atoms with van der Waals surface area (Å²) < 4.78 is 10.9. The molecular weight excluding hydrogens is 422 g/mol. The molecule has 0 aliphatic heterocycles. The summed E-state index contributed by atoms with van der Waals surface area (Å²) in [5.74, 6) is 1.24. The lowest BCUT2D eigenvalue weighted by Crippen LogP contribution is -2.06. The molecule has 0 saturated heterocycles. The van der Waals surface area contributed by atoms with Crippen molar-refractivity contribution in [3.8, 4) is 11.5 Å². The van der Waals surface area contributed by atoms with Gasteiger partial charge in [-0.25, -0.2) is 9.97 Å². The number of nitro groups is 1. The molecule has 0 fully saturated rings. The number of halogens is 1. The Morgan fingerprint density at radius 2 is 1.81 bits per heavy atom. The summed E-state index contributed by atoms with van der Waals surface area (Å²) in [5, 5.41) is 18.1. The summed E-state index contributed by atoms with van der Waals surface area (Å²) in [7, 11) is 1.49. The molecule has 3 aromatic rings. The van der Waals surface area contributed by atoms with Crippen molar-refractivity contribution in [2.24, 2.45) is 0 Å². The first-order chi connectivity index (χ1) is 15.0. The number of methoxy groups -OCH3 is 1. The average Bonchev–Trinajstić information content (AvgIpc) is 2.75. The number of unbranched alkanes of at least 4 members (excludes halogenated alkanes) is 1. The van der Waals surface area contributed by atoms with Crippen LogP contribution >= 0.6 is 11.6 Å². The highest BCUT2D eigenvalue weighted by atomic mass is 35.5. The van der Waals surface area contributed by atoms with Crippen molar-refractivity contribution in [2.45, 2.75) is 19.8 Å². The van der Waals surface area contributed by atoms with Crippen LogP contribution in [0.5, 0.6) is 11.5 Å². The summed E-state index contributed by atoms with van der Waals surface area (Å²) in [6.45, 7) is 2.74. The van der Waals surface area contributed by atoms with Crippen LogP contribution in [0.3, 0.4) is 0 Å². The van der Waals surface area contributed by atoms with Gasteiger partial charge < -0.3 is 20.1 Å². The molecule has 1 aromatic heterocycles.